The van der Waals surface area contributed by atoms with E-state index in [4.69, 9.17) is 0 Å². The molecule has 25 heavy (non-hydrogen) atoms. The van der Waals surface area contributed by atoms with Gasteiger partial charge in [-0.25, -0.2) is 4.39 Å². The topological polar surface area (TPSA) is 86.7 Å². The van der Waals surface area contributed by atoms with Gasteiger partial charge in [0.1, 0.15) is 11.9 Å². The fourth-order valence-electron chi connectivity index (χ4n) is 2.90. The van der Waals surface area contributed by atoms with Gasteiger partial charge in [0.2, 0.25) is 5.91 Å². The number of rotatable bonds is 5. The number of hydrogen-bond acceptors (Lipinski definition) is 3. The molecule has 0 bridgehead atoms. The van der Waals surface area contributed by atoms with Gasteiger partial charge >= 0.3 is 5.97 Å². The van der Waals surface area contributed by atoms with Gasteiger partial charge in [0.15, 0.2) is 0 Å². The second-order valence-corrected chi connectivity index (χ2v) is 7.05. The molecule has 1 aromatic carbocycles. The van der Waals surface area contributed by atoms with E-state index in [0.29, 0.717) is 13.0 Å². The number of carboxylic acid groups (broad SMARTS) is 1. The van der Waals surface area contributed by atoms with Crippen LogP contribution in [0, 0.1) is 17.2 Å². The third kappa shape index (κ3) is 3.97. The van der Waals surface area contributed by atoms with Crippen LogP contribution >= 0.6 is 0 Å². The molecule has 0 aromatic heterocycles. The van der Waals surface area contributed by atoms with E-state index in [0.717, 1.165) is 0 Å². The summed E-state index contributed by atoms with van der Waals surface area (Å²) in [7, 11) is 0. The lowest BCUT2D eigenvalue weighted by Crippen LogP contribution is -2.51. The first-order valence-corrected chi connectivity index (χ1v) is 8.23. The molecule has 0 radical (unpaired) electrons. The zero-order valence-electron chi connectivity index (χ0n) is 14.6. The first-order chi connectivity index (χ1) is 11.7. The first-order valence-electron chi connectivity index (χ1n) is 8.23. The molecule has 2 N–H and O–H groups in total. The fourth-order valence-corrected chi connectivity index (χ4v) is 2.90. The van der Waals surface area contributed by atoms with Crippen molar-refractivity contribution in [3.63, 3.8) is 0 Å². The van der Waals surface area contributed by atoms with E-state index in [1.165, 1.54) is 23.1 Å². The molecule has 1 saturated heterocycles. The summed E-state index contributed by atoms with van der Waals surface area (Å²) in [6.45, 7) is 5.57. The Labute approximate surface area is 146 Å². The van der Waals surface area contributed by atoms with Crippen molar-refractivity contribution in [2.24, 2.45) is 11.3 Å². The van der Waals surface area contributed by atoms with Gasteiger partial charge in [-0.3, -0.25) is 14.4 Å². The van der Waals surface area contributed by atoms with Gasteiger partial charge in [-0.15, -0.1) is 0 Å². The van der Waals surface area contributed by atoms with E-state index in [1.54, 1.807) is 26.8 Å². The molecular weight excluding hydrogens is 327 g/mol. The molecule has 1 fully saturated rings. The number of halogens is 1. The van der Waals surface area contributed by atoms with Crippen molar-refractivity contribution < 1.29 is 23.9 Å². The van der Waals surface area contributed by atoms with Gasteiger partial charge in [0, 0.05) is 13.1 Å². The quantitative estimate of drug-likeness (QED) is 0.849. The highest BCUT2D eigenvalue weighted by Gasteiger charge is 2.44. The van der Waals surface area contributed by atoms with Gasteiger partial charge in [-0.1, -0.05) is 26.0 Å². The van der Waals surface area contributed by atoms with Crippen LogP contribution in [0.4, 0.5) is 4.39 Å². The number of amides is 2. The molecule has 1 aromatic rings. The highest BCUT2D eigenvalue weighted by molar-refractivity contribution is 5.98. The van der Waals surface area contributed by atoms with E-state index in [-0.39, 0.29) is 23.9 Å². The van der Waals surface area contributed by atoms with Crippen LogP contribution in [-0.2, 0) is 9.59 Å². The Morgan fingerprint density at radius 1 is 1.28 bits per heavy atom. The second kappa shape index (κ2) is 7.21. The van der Waals surface area contributed by atoms with Crippen LogP contribution in [0.5, 0.6) is 0 Å². The largest absolute Gasteiger partial charge is 0.481 e. The monoisotopic (exact) mass is 350 g/mol. The van der Waals surface area contributed by atoms with Gasteiger partial charge in [-0.2, -0.15) is 0 Å². The SMILES string of the molecule is CC(C)C(NC(=O)c1ccccc1F)C(=O)N1CCC(C)(C(=O)O)C1. The standard InChI is InChI=1S/C18H23FN2O4/c1-11(2)14(20-15(22)12-6-4-5-7-13(12)19)16(23)21-9-8-18(3,10-21)17(24)25/h4-7,11,14H,8-10H2,1-3H3,(H,20,22)(H,24,25). The van der Waals surface area contributed by atoms with Crippen LogP contribution in [0.1, 0.15) is 37.6 Å². The van der Waals surface area contributed by atoms with Crippen molar-refractivity contribution in [2.45, 2.75) is 33.2 Å². The van der Waals surface area contributed by atoms with E-state index < -0.39 is 29.2 Å². The number of aliphatic carboxylic acids is 1. The Balaban J connectivity index is 2.13. The number of carbonyl (C=O) groups is 3. The predicted molar refractivity (Wildman–Crippen MR) is 89.4 cm³/mol. The zero-order valence-corrected chi connectivity index (χ0v) is 14.6. The summed E-state index contributed by atoms with van der Waals surface area (Å²) in [6.07, 6.45) is 0.361. The van der Waals surface area contributed by atoms with Gasteiger partial charge in [0.05, 0.1) is 11.0 Å². The lowest BCUT2D eigenvalue weighted by molar-refractivity contribution is -0.147. The molecule has 2 amide bonds. The van der Waals surface area contributed by atoms with Crippen LogP contribution in [0.3, 0.4) is 0 Å². The number of carboxylic acids is 1. The maximum Gasteiger partial charge on any atom is 0.311 e. The van der Waals surface area contributed by atoms with Crippen LogP contribution in [-0.4, -0.2) is 46.9 Å². The minimum absolute atomic E-state index is 0.0972. The summed E-state index contributed by atoms with van der Waals surface area (Å²) < 4.78 is 13.8. The zero-order chi connectivity index (χ0) is 18.8. The first kappa shape index (κ1) is 18.9. The third-order valence-electron chi connectivity index (χ3n) is 4.64. The van der Waals surface area contributed by atoms with Crippen molar-refractivity contribution in [3.8, 4) is 0 Å². The molecule has 0 spiro atoms. The highest BCUT2D eigenvalue weighted by Crippen LogP contribution is 2.30. The summed E-state index contributed by atoms with van der Waals surface area (Å²) in [6, 6.07) is 4.71. The van der Waals surface area contributed by atoms with Crippen LogP contribution in [0.2, 0.25) is 0 Å². The van der Waals surface area contributed by atoms with E-state index in [2.05, 4.69) is 5.32 Å². The van der Waals surface area contributed by atoms with Gasteiger partial charge in [-0.05, 0) is 31.4 Å². The number of carbonyl (C=O) groups excluding carboxylic acids is 2. The Kier molecular flexibility index (Phi) is 5.45. The van der Waals surface area contributed by atoms with Gasteiger partial charge in [0.25, 0.3) is 5.91 Å². The third-order valence-corrected chi connectivity index (χ3v) is 4.64. The van der Waals surface area contributed by atoms with Crippen molar-refractivity contribution in [3.05, 3.63) is 35.6 Å². The number of benzene rings is 1. The van der Waals surface area contributed by atoms with Crippen molar-refractivity contribution in [1.82, 2.24) is 10.2 Å². The summed E-state index contributed by atoms with van der Waals surface area (Å²) in [5.41, 5.74) is -1.11. The average molecular weight is 350 g/mol. The minimum Gasteiger partial charge on any atom is -0.481 e. The summed E-state index contributed by atoms with van der Waals surface area (Å²) >= 11 is 0. The van der Waals surface area contributed by atoms with Crippen LogP contribution in [0.15, 0.2) is 24.3 Å². The molecular formula is C18H23FN2O4. The molecule has 136 valence electrons. The number of likely N-dealkylation sites (tertiary alicyclic amines) is 1. The molecule has 0 saturated carbocycles. The molecule has 1 aliphatic rings. The normalized spacial score (nSPS) is 21.2. The molecule has 7 heteroatoms. The molecule has 2 unspecified atom stereocenters. The molecule has 1 aliphatic heterocycles. The van der Waals surface area contributed by atoms with E-state index in [1.807, 2.05) is 0 Å². The molecule has 1 heterocycles. The smallest absolute Gasteiger partial charge is 0.311 e. The molecule has 2 atom stereocenters. The van der Waals surface area contributed by atoms with Crippen molar-refractivity contribution >= 4 is 17.8 Å². The summed E-state index contributed by atoms with van der Waals surface area (Å²) in [5.74, 6) is -2.83. The molecule has 0 aliphatic carbocycles. The number of nitrogens with zero attached hydrogens (tertiary/aromatic N) is 1. The summed E-state index contributed by atoms with van der Waals surface area (Å²) in [5, 5.41) is 11.9. The van der Waals surface area contributed by atoms with E-state index >= 15 is 0 Å². The Morgan fingerprint density at radius 2 is 1.92 bits per heavy atom. The second-order valence-electron chi connectivity index (χ2n) is 7.05. The summed E-state index contributed by atoms with van der Waals surface area (Å²) in [4.78, 5) is 37.9. The lowest BCUT2D eigenvalue weighted by Gasteiger charge is -2.28. The lowest BCUT2D eigenvalue weighted by atomic mass is 9.90. The number of hydrogen-bond donors (Lipinski definition) is 2. The Morgan fingerprint density at radius 3 is 2.44 bits per heavy atom. The van der Waals surface area contributed by atoms with Crippen molar-refractivity contribution in [1.29, 1.82) is 0 Å². The Bertz CT molecular complexity index is 691. The van der Waals surface area contributed by atoms with Crippen LogP contribution in [0.25, 0.3) is 0 Å². The fraction of sp³-hybridized carbons (Fsp3) is 0.500. The van der Waals surface area contributed by atoms with E-state index in [9.17, 15) is 23.9 Å². The Hall–Kier alpha value is -2.44. The maximum absolute atomic E-state index is 13.8. The van der Waals surface area contributed by atoms with Crippen LogP contribution < -0.4 is 5.32 Å². The minimum atomic E-state index is -0.979. The van der Waals surface area contributed by atoms with Crippen molar-refractivity contribution in [2.75, 3.05) is 13.1 Å². The predicted octanol–water partition coefficient (Wildman–Crippen LogP) is 1.90. The van der Waals surface area contributed by atoms with Gasteiger partial charge < -0.3 is 15.3 Å². The maximum atomic E-state index is 13.8. The highest BCUT2D eigenvalue weighted by atomic mass is 19.1. The molecule has 6 nitrogen and oxygen atoms in total. The number of nitrogens with one attached hydrogen (secondary N) is 1. The average Bonchev–Trinajstić information content (AvgIpc) is 2.96. The molecule has 2 rings (SSSR count).